The third-order valence-electron chi connectivity index (χ3n) is 3.05. The molecule has 5 nitrogen and oxygen atoms in total. The third-order valence-corrected chi connectivity index (χ3v) is 3.05. The molecule has 2 N–H and O–H groups in total. The summed E-state index contributed by atoms with van der Waals surface area (Å²) < 4.78 is 5.45. The highest BCUT2D eigenvalue weighted by atomic mass is 16.4. The largest absolute Gasteiger partial charge is 0.407 e. The highest BCUT2D eigenvalue weighted by Crippen LogP contribution is 2.17. The molecular weight excluding hydrogens is 240 g/mol. The lowest BCUT2D eigenvalue weighted by Crippen LogP contribution is -2.05. The van der Waals surface area contributed by atoms with Crippen LogP contribution < -0.4 is 10.6 Å². The highest BCUT2D eigenvalue weighted by molar-refractivity contribution is 5.39. The predicted molar refractivity (Wildman–Crippen MR) is 75.0 cm³/mol. The number of nitrogens with one attached hydrogen (secondary N) is 2. The van der Waals surface area contributed by atoms with E-state index in [0.717, 1.165) is 0 Å². The Morgan fingerprint density at radius 1 is 1.05 bits per heavy atom. The molecule has 0 fully saturated rings. The topological polar surface area (TPSA) is 63.0 Å². The van der Waals surface area contributed by atoms with Crippen LogP contribution in [-0.2, 0) is 13.1 Å². The Morgan fingerprint density at radius 3 is 2.37 bits per heavy atom. The Balaban J connectivity index is 2.05. The number of aromatic nitrogens is 2. The van der Waals surface area contributed by atoms with E-state index in [1.165, 1.54) is 22.3 Å². The van der Waals surface area contributed by atoms with Crippen molar-refractivity contribution in [1.29, 1.82) is 0 Å². The van der Waals surface area contributed by atoms with Crippen molar-refractivity contribution in [2.45, 2.75) is 33.9 Å². The molecule has 1 heterocycles. The van der Waals surface area contributed by atoms with Crippen LogP contribution in [0.5, 0.6) is 0 Å². The number of benzene rings is 1. The van der Waals surface area contributed by atoms with Crippen molar-refractivity contribution in [2.24, 2.45) is 0 Å². The first-order valence-electron chi connectivity index (χ1n) is 6.37. The van der Waals surface area contributed by atoms with E-state index in [9.17, 15) is 0 Å². The van der Waals surface area contributed by atoms with Gasteiger partial charge in [0.2, 0.25) is 5.89 Å². The van der Waals surface area contributed by atoms with E-state index >= 15 is 0 Å². The van der Waals surface area contributed by atoms with Gasteiger partial charge in [-0.15, -0.1) is 5.10 Å². The molecule has 1 aromatic heterocycles. The second-order valence-corrected chi connectivity index (χ2v) is 4.76. The minimum Gasteiger partial charge on any atom is -0.407 e. The standard InChI is InChI=1S/C14H20N4O/c1-9-5-10(2)12(11(3)6-9)7-16-14-18-17-13(19-14)8-15-4/h5-6,15H,7-8H2,1-4H3,(H,16,18). The number of aryl methyl sites for hydroxylation is 3. The fourth-order valence-corrected chi connectivity index (χ4v) is 2.20. The first-order valence-corrected chi connectivity index (χ1v) is 6.37. The summed E-state index contributed by atoms with van der Waals surface area (Å²) >= 11 is 0. The predicted octanol–water partition coefficient (Wildman–Crippen LogP) is 2.33. The Labute approximate surface area is 113 Å². The second kappa shape index (κ2) is 5.84. The molecule has 0 radical (unpaired) electrons. The van der Waals surface area contributed by atoms with Crippen LogP contribution in [0.1, 0.15) is 28.1 Å². The lowest BCUT2D eigenvalue weighted by Gasteiger charge is -2.11. The van der Waals surface area contributed by atoms with Gasteiger partial charge in [0.05, 0.1) is 6.54 Å². The summed E-state index contributed by atoms with van der Waals surface area (Å²) in [5.74, 6) is 0.586. The highest BCUT2D eigenvalue weighted by Gasteiger charge is 2.07. The van der Waals surface area contributed by atoms with E-state index < -0.39 is 0 Å². The van der Waals surface area contributed by atoms with Gasteiger partial charge in [-0.3, -0.25) is 0 Å². The quantitative estimate of drug-likeness (QED) is 0.864. The zero-order chi connectivity index (χ0) is 13.8. The van der Waals surface area contributed by atoms with Crippen molar-refractivity contribution in [3.63, 3.8) is 0 Å². The Bertz CT molecular complexity index is 539. The van der Waals surface area contributed by atoms with Gasteiger partial charge < -0.3 is 15.1 Å². The lowest BCUT2D eigenvalue weighted by molar-refractivity contribution is 0.489. The molecule has 0 spiro atoms. The van der Waals surface area contributed by atoms with E-state index in [1.54, 1.807) is 0 Å². The lowest BCUT2D eigenvalue weighted by atomic mass is 10.00. The number of nitrogens with zero attached hydrogens (tertiary/aromatic N) is 2. The molecule has 0 amide bonds. The maximum atomic E-state index is 5.45. The van der Waals surface area contributed by atoms with Crippen LogP contribution in [0.4, 0.5) is 6.01 Å². The van der Waals surface area contributed by atoms with Crippen LogP contribution in [0.3, 0.4) is 0 Å². The molecule has 2 rings (SSSR count). The van der Waals surface area contributed by atoms with E-state index in [4.69, 9.17) is 4.42 Å². The van der Waals surface area contributed by atoms with Crippen molar-refractivity contribution in [3.05, 3.63) is 40.3 Å². The molecular formula is C14H20N4O. The third kappa shape index (κ3) is 3.32. The normalized spacial score (nSPS) is 10.7. The van der Waals surface area contributed by atoms with E-state index in [-0.39, 0.29) is 0 Å². The van der Waals surface area contributed by atoms with Crippen molar-refractivity contribution < 1.29 is 4.42 Å². The molecule has 2 aromatic rings. The van der Waals surface area contributed by atoms with Crippen LogP contribution in [0.2, 0.25) is 0 Å². The summed E-state index contributed by atoms with van der Waals surface area (Å²) in [7, 11) is 1.84. The molecule has 19 heavy (non-hydrogen) atoms. The molecule has 0 saturated heterocycles. The molecule has 0 aliphatic heterocycles. The van der Waals surface area contributed by atoms with Crippen molar-refractivity contribution in [2.75, 3.05) is 12.4 Å². The molecule has 0 aliphatic carbocycles. The van der Waals surface area contributed by atoms with Crippen LogP contribution in [0.25, 0.3) is 0 Å². The minimum absolute atomic E-state index is 0.463. The summed E-state index contributed by atoms with van der Waals surface area (Å²) in [4.78, 5) is 0. The summed E-state index contributed by atoms with van der Waals surface area (Å²) in [6.45, 7) is 7.63. The molecule has 102 valence electrons. The number of hydrogen-bond donors (Lipinski definition) is 2. The minimum atomic E-state index is 0.463. The average molecular weight is 260 g/mol. The second-order valence-electron chi connectivity index (χ2n) is 4.76. The maximum Gasteiger partial charge on any atom is 0.315 e. The van der Waals surface area contributed by atoms with Crippen molar-refractivity contribution in [3.8, 4) is 0 Å². The van der Waals surface area contributed by atoms with Gasteiger partial charge in [0.15, 0.2) is 0 Å². The zero-order valence-corrected chi connectivity index (χ0v) is 11.9. The van der Waals surface area contributed by atoms with Gasteiger partial charge >= 0.3 is 6.01 Å². The van der Waals surface area contributed by atoms with Gasteiger partial charge in [-0.05, 0) is 44.5 Å². The Hall–Kier alpha value is -1.88. The Kier molecular flexibility index (Phi) is 4.16. The maximum absolute atomic E-state index is 5.45. The van der Waals surface area contributed by atoms with Crippen molar-refractivity contribution >= 4 is 6.01 Å². The number of rotatable bonds is 5. The first-order chi connectivity index (χ1) is 9.10. The van der Waals surface area contributed by atoms with Gasteiger partial charge in [-0.1, -0.05) is 22.8 Å². The summed E-state index contributed by atoms with van der Waals surface area (Å²) in [6, 6.07) is 4.83. The van der Waals surface area contributed by atoms with Crippen LogP contribution in [-0.4, -0.2) is 17.2 Å². The fraction of sp³-hybridized carbons (Fsp3) is 0.429. The molecule has 0 unspecified atom stereocenters. The molecule has 0 atom stereocenters. The summed E-state index contributed by atoms with van der Waals surface area (Å²) in [5, 5.41) is 14.0. The van der Waals surface area contributed by atoms with Crippen molar-refractivity contribution in [1.82, 2.24) is 15.5 Å². The number of hydrogen-bond acceptors (Lipinski definition) is 5. The molecule has 0 bridgehead atoms. The van der Waals surface area contributed by atoms with Gasteiger partial charge in [0.1, 0.15) is 0 Å². The van der Waals surface area contributed by atoms with Crippen LogP contribution in [0, 0.1) is 20.8 Å². The molecule has 1 aromatic carbocycles. The summed E-state index contributed by atoms with van der Waals surface area (Å²) in [5.41, 5.74) is 5.12. The summed E-state index contributed by atoms with van der Waals surface area (Å²) in [6.07, 6.45) is 0. The number of anilines is 1. The average Bonchev–Trinajstić information content (AvgIpc) is 2.76. The smallest absolute Gasteiger partial charge is 0.315 e. The molecule has 0 aliphatic rings. The van der Waals surface area contributed by atoms with Crippen LogP contribution in [0.15, 0.2) is 16.5 Å². The SMILES string of the molecule is CNCc1nnc(NCc2c(C)cc(C)cc2C)o1. The van der Waals surface area contributed by atoms with Gasteiger partial charge in [0, 0.05) is 6.54 Å². The van der Waals surface area contributed by atoms with Crippen LogP contribution >= 0.6 is 0 Å². The van der Waals surface area contributed by atoms with Gasteiger partial charge in [0.25, 0.3) is 0 Å². The molecule has 0 saturated carbocycles. The molecule has 5 heteroatoms. The van der Waals surface area contributed by atoms with E-state index in [2.05, 4.69) is 53.7 Å². The van der Waals surface area contributed by atoms with E-state index in [1.807, 2.05) is 7.05 Å². The van der Waals surface area contributed by atoms with Gasteiger partial charge in [-0.2, -0.15) is 0 Å². The van der Waals surface area contributed by atoms with Gasteiger partial charge in [-0.25, -0.2) is 0 Å². The fourth-order valence-electron chi connectivity index (χ4n) is 2.20. The Morgan fingerprint density at radius 2 is 1.74 bits per heavy atom. The first kappa shape index (κ1) is 13.5. The van der Waals surface area contributed by atoms with E-state index in [0.29, 0.717) is 25.0 Å². The zero-order valence-electron chi connectivity index (χ0n) is 11.9. The monoisotopic (exact) mass is 260 g/mol.